The van der Waals surface area contributed by atoms with Gasteiger partial charge in [-0.05, 0) is 61.7 Å². The molecule has 2 aliphatic rings. The second-order valence-electron chi connectivity index (χ2n) is 7.04. The number of halogens is 1. The molecule has 4 rings (SSSR count). The molecule has 0 spiro atoms. The van der Waals surface area contributed by atoms with Crippen LogP contribution in [0.4, 0.5) is 10.1 Å². The van der Waals surface area contributed by atoms with Crippen molar-refractivity contribution in [1.29, 1.82) is 0 Å². The van der Waals surface area contributed by atoms with E-state index in [0.717, 1.165) is 36.4 Å². The number of ether oxygens (including phenoxy) is 2. The smallest absolute Gasteiger partial charge is 0.238 e. The topological polar surface area (TPSA) is 50.8 Å². The molecular formula is C21H23FN2O3. The highest BCUT2D eigenvalue weighted by molar-refractivity contribution is 5.92. The van der Waals surface area contributed by atoms with Gasteiger partial charge in [-0.3, -0.25) is 9.69 Å². The van der Waals surface area contributed by atoms with Crippen LogP contribution in [-0.4, -0.2) is 37.1 Å². The maximum Gasteiger partial charge on any atom is 0.238 e. The maximum atomic E-state index is 13.7. The van der Waals surface area contributed by atoms with Gasteiger partial charge in [0.15, 0.2) is 11.5 Å². The first-order valence-electron chi connectivity index (χ1n) is 9.30. The first-order chi connectivity index (χ1) is 13.1. The van der Waals surface area contributed by atoms with E-state index in [1.54, 1.807) is 19.1 Å². The third-order valence-electron chi connectivity index (χ3n) is 5.12. The monoisotopic (exact) mass is 370 g/mol. The van der Waals surface area contributed by atoms with Gasteiger partial charge in [0.1, 0.15) is 19.0 Å². The summed E-state index contributed by atoms with van der Waals surface area (Å²) in [6.45, 7) is 3.95. The van der Waals surface area contributed by atoms with E-state index in [1.807, 2.05) is 18.2 Å². The lowest BCUT2D eigenvalue weighted by molar-refractivity contribution is -0.117. The lowest BCUT2D eigenvalue weighted by Crippen LogP contribution is -2.33. The standard InChI is InChI=1S/C21H23FN2O3/c1-14-4-6-16(12-17(14)22)23-21(25)13-24-8-2-3-18(24)15-5-7-19-20(11-15)27-10-9-26-19/h4-7,11-12,18H,2-3,8-10,13H2,1H3,(H,23,25). The second kappa shape index (κ2) is 7.56. The number of benzene rings is 2. The van der Waals surface area contributed by atoms with Crippen LogP contribution in [0.25, 0.3) is 0 Å². The summed E-state index contributed by atoms with van der Waals surface area (Å²) in [4.78, 5) is 14.6. The van der Waals surface area contributed by atoms with Gasteiger partial charge in [-0.1, -0.05) is 12.1 Å². The molecule has 2 aromatic rings. The fourth-order valence-electron chi connectivity index (χ4n) is 3.72. The normalized spacial score (nSPS) is 19.1. The van der Waals surface area contributed by atoms with E-state index in [1.165, 1.54) is 6.07 Å². The van der Waals surface area contributed by atoms with Gasteiger partial charge in [0.25, 0.3) is 0 Å². The largest absolute Gasteiger partial charge is 0.486 e. The van der Waals surface area contributed by atoms with Crippen molar-refractivity contribution < 1.29 is 18.7 Å². The number of likely N-dealkylation sites (tertiary alicyclic amines) is 1. The molecule has 0 radical (unpaired) electrons. The Labute approximate surface area is 158 Å². The van der Waals surface area contributed by atoms with Crippen molar-refractivity contribution in [2.75, 3.05) is 31.6 Å². The number of rotatable bonds is 4. The van der Waals surface area contributed by atoms with Crippen molar-refractivity contribution in [2.24, 2.45) is 0 Å². The summed E-state index contributed by atoms with van der Waals surface area (Å²) < 4.78 is 24.9. The number of fused-ring (bicyclic) bond motifs is 1. The number of hydrogen-bond donors (Lipinski definition) is 1. The summed E-state index contributed by atoms with van der Waals surface area (Å²) >= 11 is 0. The highest BCUT2D eigenvalue weighted by atomic mass is 19.1. The highest BCUT2D eigenvalue weighted by Gasteiger charge is 2.28. The van der Waals surface area contributed by atoms with Crippen LogP contribution in [0.1, 0.15) is 30.0 Å². The molecule has 142 valence electrons. The Morgan fingerprint density at radius 3 is 2.81 bits per heavy atom. The van der Waals surface area contributed by atoms with Crippen LogP contribution in [0.5, 0.6) is 11.5 Å². The second-order valence-corrected chi connectivity index (χ2v) is 7.04. The number of amides is 1. The van der Waals surface area contributed by atoms with Crippen molar-refractivity contribution >= 4 is 11.6 Å². The van der Waals surface area contributed by atoms with Gasteiger partial charge in [-0.25, -0.2) is 4.39 Å². The van der Waals surface area contributed by atoms with Crippen molar-refractivity contribution in [1.82, 2.24) is 4.90 Å². The first kappa shape index (κ1) is 17.8. The van der Waals surface area contributed by atoms with E-state index >= 15 is 0 Å². The van der Waals surface area contributed by atoms with E-state index in [4.69, 9.17) is 9.47 Å². The Bertz CT molecular complexity index is 855. The van der Waals surface area contributed by atoms with Crippen LogP contribution >= 0.6 is 0 Å². The van der Waals surface area contributed by atoms with Crippen molar-refractivity contribution in [2.45, 2.75) is 25.8 Å². The van der Waals surface area contributed by atoms with Gasteiger partial charge in [-0.15, -0.1) is 0 Å². The zero-order valence-corrected chi connectivity index (χ0v) is 15.3. The van der Waals surface area contributed by atoms with Gasteiger partial charge in [0, 0.05) is 11.7 Å². The molecule has 2 aromatic carbocycles. The van der Waals surface area contributed by atoms with Crippen molar-refractivity contribution in [3.8, 4) is 11.5 Å². The average Bonchev–Trinajstić information content (AvgIpc) is 3.12. The van der Waals surface area contributed by atoms with Crippen LogP contribution in [-0.2, 0) is 4.79 Å². The minimum atomic E-state index is -0.317. The Hall–Kier alpha value is -2.60. The Morgan fingerprint density at radius 2 is 2.00 bits per heavy atom. The predicted molar refractivity (Wildman–Crippen MR) is 101 cm³/mol. The maximum absolute atomic E-state index is 13.7. The molecule has 6 heteroatoms. The predicted octanol–water partition coefficient (Wildman–Crippen LogP) is 3.68. The highest BCUT2D eigenvalue weighted by Crippen LogP contribution is 2.37. The number of anilines is 1. The molecule has 27 heavy (non-hydrogen) atoms. The summed E-state index contributed by atoms with van der Waals surface area (Å²) in [6.07, 6.45) is 2.03. The number of nitrogens with zero attached hydrogens (tertiary/aromatic N) is 1. The molecule has 1 atom stereocenters. The van der Waals surface area contributed by atoms with E-state index in [9.17, 15) is 9.18 Å². The Balaban J connectivity index is 1.43. The van der Waals surface area contributed by atoms with Crippen LogP contribution in [0, 0.1) is 12.7 Å². The van der Waals surface area contributed by atoms with Crippen molar-refractivity contribution in [3.05, 3.63) is 53.3 Å². The van der Waals surface area contributed by atoms with E-state index in [-0.39, 0.29) is 24.3 Å². The van der Waals surface area contributed by atoms with Crippen LogP contribution < -0.4 is 14.8 Å². The van der Waals surface area contributed by atoms with Gasteiger partial charge in [-0.2, -0.15) is 0 Å². The molecule has 1 fully saturated rings. The number of nitrogens with one attached hydrogen (secondary N) is 1. The Kier molecular flexibility index (Phi) is 4.99. The molecule has 2 heterocycles. The molecule has 5 nitrogen and oxygen atoms in total. The minimum absolute atomic E-state index is 0.136. The van der Waals surface area contributed by atoms with Crippen LogP contribution in [0.15, 0.2) is 36.4 Å². The molecule has 1 amide bonds. The molecule has 1 N–H and O–H groups in total. The van der Waals surface area contributed by atoms with Crippen molar-refractivity contribution in [3.63, 3.8) is 0 Å². The zero-order valence-electron chi connectivity index (χ0n) is 15.3. The summed E-state index contributed by atoms with van der Waals surface area (Å²) in [5, 5.41) is 2.79. The third-order valence-corrected chi connectivity index (χ3v) is 5.12. The number of aryl methyl sites for hydroxylation is 1. The lowest BCUT2D eigenvalue weighted by Gasteiger charge is -2.26. The van der Waals surface area contributed by atoms with E-state index < -0.39 is 0 Å². The molecule has 0 saturated carbocycles. The summed E-state index contributed by atoms with van der Waals surface area (Å²) in [5.74, 6) is 1.09. The molecule has 1 unspecified atom stereocenters. The summed E-state index contributed by atoms with van der Waals surface area (Å²) in [7, 11) is 0. The fourth-order valence-corrected chi connectivity index (χ4v) is 3.72. The molecule has 1 saturated heterocycles. The van der Waals surface area contributed by atoms with Gasteiger partial charge in [0.2, 0.25) is 5.91 Å². The molecular weight excluding hydrogens is 347 g/mol. The van der Waals surface area contributed by atoms with Gasteiger partial charge >= 0.3 is 0 Å². The van der Waals surface area contributed by atoms with E-state index in [0.29, 0.717) is 24.5 Å². The molecule has 0 bridgehead atoms. The molecule has 0 aromatic heterocycles. The fraction of sp³-hybridized carbons (Fsp3) is 0.381. The van der Waals surface area contributed by atoms with Gasteiger partial charge in [0.05, 0.1) is 6.54 Å². The first-order valence-corrected chi connectivity index (χ1v) is 9.30. The SMILES string of the molecule is Cc1ccc(NC(=O)CN2CCCC2c2ccc3c(c2)OCCO3)cc1F. The van der Waals surface area contributed by atoms with Crippen LogP contribution in [0.2, 0.25) is 0 Å². The summed E-state index contributed by atoms with van der Waals surface area (Å²) in [6, 6.07) is 10.9. The van der Waals surface area contributed by atoms with E-state index in [2.05, 4.69) is 10.2 Å². The quantitative estimate of drug-likeness (QED) is 0.892. The summed E-state index contributed by atoms with van der Waals surface area (Å²) in [5.41, 5.74) is 2.18. The zero-order chi connectivity index (χ0) is 18.8. The minimum Gasteiger partial charge on any atom is -0.486 e. The number of hydrogen-bond acceptors (Lipinski definition) is 4. The van der Waals surface area contributed by atoms with Crippen LogP contribution in [0.3, 0.4) is 0 Å². The molecule has 0 aliphatic carbocycles. The number of carbonyl (C=O) groups is 1. The molecule has 2 aliphatic heterocycles. The third kappa shape index (κ3) is 3.90. The number of carbonyl (C=O) groups excluding carboxylic acids is 1. The lowest BCUT2D eigenvalue weighted by atomic mass is 10.0. The average molecular weight is 370 g/mol. The van der Waals surface area contributed by atoms with Gasteiger partial charge < -0.3 is 14.8 Å². The Morgan fingerprint density at radius 1 is 1.19 bits per heavy atom.